The molecule has 2 rings (SSSR count). The number of methoxy groups -OCH3 is 1. The lowest BCUT2D eigenvalue weighted by Crippen LogP contribution is -2.22. The highest BCUT2D eigenvalue weighted by molar-refractivity contribution is 5.28. The fraction of sp³-hybridized carbons (Fsp3) is 0.647. The number of hydrogen-bond donors (Lipinski definition) is 1. The fourth-order valence-corrected chi connectivity index (χ4v) is 2.98. The lowest BCUT2D eigenvalue weighted by atomic mass is 9.98. The lowest BCUT2D eigenvalue weighted by molar-refractivity contribution is 0.309. The van der Waals surface area contributed by atoms with Crippen LogP contribution in [-0.4, -0.2) is 31.1 Å². The van der Waals surface area contributed by atoms with E-state index in [9.17, 15) is 0 Å². The summed E-state index contributed by atoms with van der Waals surface area (Å²) in [7, 11) is 1.72. The van der Waals surface area contributed by atoms with E-state index in [1.807, 2.05) is 6.07 Å². The van der Waals surface area contributed by atoms with Gasteiger partial charge in [-0.15, -0.1) is 0 Å². The van der Waals surface area contributed by atoms with Crippen LogP contribution in [0.3, 0.4) is 0 Å². The SMILES string of the molecule is CCC(N)CCC1CCN(Cc2cccc(OC)c2)C1. The van der Waals surface area contributed by atoms with Crippen LogP contribution in [0.2, 0.25) is 0 Å². The van der Waals surface area contributed by atoms with Crippen LogP contribution in [0.5, 0.6) is 5.75 Å². The second kappa shape index (κ2) is 7.65. The minimum absolute atomic E-state index is 0.391. The van der Waals surface area contributed by atoms with Gasteiger partial charge < -0.3 is 10.5 Å². The average molecular weight is 276 g/mol. The molecular weight excluding hydrogens is 248 g/mol. The summed E-state index contributed by atoms with van der Waals surface area (Å²) in [5.74, 6) is 1.78. The van der Waals surface area contributed by atoms with Crippen molar-refractivity contribution in [1.82, 2.24) is 4.90 Å². The number of rotatable bonds is 7. The zero-order valence-corrected chi connectivity index (χ0v) is 12.8. The Labute approximate surface area is 123 Å². The van der Waals surface area contributed by atoms with E-state index in [0.717, 1.165) is 24.6 Å². The van der Waals surface area contributed by atoms with Crippen molar-refractivity contribution in [2.24, 2.45) is 11.7 Å². The Balaban J connectivity index is 1.78. The third-order valence-corrected chi connectivity index (χ3v) is 4.38. The second-order valence-electron chi connectivity index (χ2n) is 5.99. The first kappa shape index (κ1) is 15.3. The van der Waals surface area contributed by atoms with Gasteiger partial charge in [-0.2, -0.15) is 0 Å². The lowest BCUT2D eigenvalue weighted by Gasteiger charge is -2.17. The van der Waals surface area contributed by atoms with Crippen LogP contribution in [0.25, 0.3) is 0 Å². The van der Waals surface area contributed by atoms with E-state index in [1.54, 1.807) is 7.11 Å². The van der Waals surface area contributed by atoms with Crippen LogP contribution in [0.4, 0.5) is 0 Å². The predicted molar refractivity (Wildman–Crippen MR) is 83.9 cm³/mol. The zero-order valence-electron chi connectivity index (χ0n) is 12.8. The van der Waals surface area contributed by atoms with Crippen LogP contribution in [-0.2, 0) is 6.54 Å². The molecule has 20 heavy (non-hydrogen) atoms. The van der Waals surface area contributed by atoms with Gasteiger partial charge in [0, 0.05) is 19.1 Å². The van der Waals surface area contributed by atoms with Gasteiger partial charge >= 0.3 is 0 Å². The van der Waals surface area contributed by atoms with E-state index >= 15 is 0 Å². The topological polar surface area (TPSA) is 38.5 Å². The molecule has 0 spiro atoms. The normalized spacial score (nSPS) is 21.1. The Morgan fingerprint density at radius 3 is 3.05 bits per heavy atom. The molecule has 2 unspecified atom stereocenters. The maximum atomic E-state index is 6.01. The molecule has 0 bridgehead atoms. The standard InChI is InChI=1S/C17H28N2O/c1-3-16(18)8-7-14-9-10-19(12-14)13-15-5-4-6-17(11-15)20-2/h4-6,11,14,16H,3,7-10,12-13,18H2,1-2H3. The van der Waals surface area contributed by atoms with E-state index < -0.39 is 0 Å². The van der Waals surface area contributed by atoms with Gasteiger partial charge in [0.25, 0.3) is 0 Å². The van der Waals surface area contributed by atoms with E-state index in [-0.39, 0.29) is 0 Å². The van der Waals surface area contributed by atoms with Crippen molar-refractivity contribution in [2.45, 2.75) is 45.2 Å². The number of nitrogens with two attached hydrogens (primary N) is 1. The molecule has 2 N–H and O–H groups in total. The largest absolute Gasteiger partial charge is 0.497 e. The van der Waals surface area contributed by atoms with Gasteiger partial charge in [0.05, 0.1) is 7.11 Å². The molecule has 0 radical (unpaired) electrons. The Bertz CT molecular complexity index is 408. The summed E-state index contributed by atoms with van der Waals surface area (Å²) in [6.07, 6.45) is 4.87. The number of nitrogens with zero attached hydrogens (tertiary/aromatic N) is 1. The first-order chi connectivity index (χ1) is 9.71. The summed E-state index contributed by atoms with van der Waals surface area (Å²) in [6.45, 7) is 5.64. The zero-order chi connectivity index (χ0) is 14.4. The molecule has 1 aliphatic rings. The molecule has 0 aliphatic carbocycles. The monoisotopic (exact) mass is 276 g/mol. The highest BCUT2D eigenvalue weighted by atomic mass is 16.5. The van der Waals surface area contributed by atoms with Gasteiger partial charge in [-0.25, -0.2) is 0 Å². The molecule has 1 heterocycles. The summed E-state index contributed by atoms with van der Waals surface area (Å²) in [6, 6.07) is 8.79. The molecule has 1 aromatic rings. The van der Waals surface area contributed by atoms with Crippen LogP contribution in [0, 0.1) is 5.92 Å². The van der Waals surface area contributed by atoms with Crippen LogP contribution in [0.1, 0.15) is 38.2 Å². The average Bonchev–Trinajstić information content (AvgIpc) is 2.92. The molecule has 0 amide bonds. The van der Waals surface area contributed by atoms with Gasteiger partial charge in [0.2, 0.25) is 0 Å². The first-order valence-electron chi connectivity index (χ1n) is 7.82. The minimum atomic E-state index is 0.391. The third-order valence-electron chi connectivity index (χ3n) is 4.38. The van der Waals surface area contributed by atoms with Crippen molar-refractivity contribution in [3.8, 4) is 5.75 Å². The Morgan fingerprint density at radius 2 is 2.30 bits per heavy atom. The third kappa shape index (κ3) is 4.50. The molecule has 1 saturated heterocycles. The maximum Gasteiger partial charge on any atom is 0.119 e. The van der Waals surface area contributed by atoms with E-state index in [1.165, 1.54) is 37.9 Å². The number of likely N-dealkylation sites (tertiary alicyclic amines) is 1. The van der Waals surface area contributed by atoms with Gasteiger partial charge in [-0.1, -0.05) is 19.1 Å². The van der Waals surface area contributed by atoms with Crippen molar-refractivity contribution in [3.05, 3.63) is 29.8 Å². The molecule has 0 aromatic heterocycles. The summed E-state index contributed by atoms with van der Waals surface area (Å²) in [4.78, 5) is 2.55. The Hall–Kier alpha value is -1.06. The van der Waals surface area contributed by atoms with Crippen molar-refractivity contribution < 1.29 is 4.74 Å². The summed E-state index contributed by atoms with van der Waals surface area (Å²) < 4.78 is 5.29. The smallest absolute Gasteiger partial charge is 0.119 e. The Morgan fingerprint density at radius 1 is 1.45 bits per heavy atom. The second-order valence-corrected chi connectivity index (χ2v) is 5.99. The van der Waals surface area contributed by atoms with Crippen LogP contribution < -0.4 is 10.5 Å². The van der Waals surface area contributed by atoms with Gasteiger partial charge in [0.15, 0.2) is 0 Å². The first-order valence-corrected chi connectivity index (χ1v) is 7.82. The highest BCUT2D eigenvalue weighted by Crippen LogP contribution is 2.24. The fourth-order valence-electron chi connectivity index (χ4n) is 2.98. The molecule has 1 fully saturated rings. The molecule has 2 atom stereocenters. The number of hydrogen-bond acceptors (Lipinski definition) is 3. The molecule has 112 valence electrons. The number of benzene rings is 1. The summed E-state index contributed by atoms with van der Waals surface area (Å²) >= 11 is 0. The van der Waals surface area contributed by atoms with Crippen LogP contribution >= 0.6 is 0 Å². The van der Waals surface area contributed by atoms with Crippen molar-refractivity contribution in [2.75, 3.05) is 20.2 Å². The van der Waals surface area contributed by atoms with Crippen LogP contribution in [0.15, 0.2) is 24.3 Å². The minimum Gasteiger partial charge on any atom is -0.497 e. The van der Waals surface area contributed by atoms with E-state index in [2.05, 4.69) is 30.0 Å². The molecule has 0 saturated carbocycles. The molecule has 1 aromatic carbocycles. The predicted octanol–water partition coefficient (Wildman–Crippen LogP) is 3.03. The molecule has 3 nitrogen and oxygen atoms in total. The quantitative estimate of drug-likeness (QED) is 0.832. The summed E-state index contributed by atoms with van der Waals surface area (Å²) in [5, 5.41) is 0. The van der Waals surface area contributed by atoms with Crippen molar-refractivity contribution in [3.63, 3.8) is 0 Å². The van der Waals surface area contributed by atoms with Gasteiger partial charge in [-0.3, -0.25) is 4.90 Å². The van der Waals surface area contributed by atoms with Gasteiger partial charge in [0.1, 0.15) is 5.75 Å². The highest BCUT2D eigenvalue weighted by Gasteiger charge is 2.22. The number of ether oxygens (including phenoxy) is 1. The maximum absolute atomic E-state index is 6.01. The van der Waals surface area contributed by atoms with E-state index in [0.29, 0.717) is 6.04 Å². The molecule has 3 heteroatoms. The molecular formula is C17H28N2O. The van der Waals surface area contributed by atoms with Crippen molar-refractivity contribution >= 4 is 0 Å². The van der Waals surface area contributed by atoms with Gasteiger partial charge in [-0.05, 0) is 55.8 Å². The summed E-state index contributed by atoms with van der Waals surface area (Å²) in [5.41, 5.74) is 7.36. The van der Waals surface area contributed by atoms with Crippen molar-refractivity contribution in [1.29, 1.82) is 0 Å². The van der Waals surface area contributed by atoms with E-state index in [4.69, 9.17) is 10.5 Å². The Kier molecular flexibility index (Phi) is 5.86. The molecule has 1 aliphatic heterocycles.